The number of halogens is 1. The van der Waals surface area contributed by atoms with Crippen LogP contribution in [0.4, 0.5) is 4.39 Å². The fourth-order valence-electron chi connectivity index (χ4n) is 2.27. The van der Waals surface area contributed by atoms with Crippen LogP contribution in [0.15, 0.2) is 53.3 Å². The van der Waals surface area contributed by atoms with Crippen LogP contribution in [0.1, 0.15) is 6.42 Å². The fraction of sp³-hybridized carbons (Fsp3) is 0.188. The van der Waals surface area contributed by atoms with E-state index in [-0.39, 0.29) is 11.5 Å². The lowest BCUT2D eigenvalue weighted by molar-refractivity contribution is 0.301. The molecule has 0 aliphatic rings. The summed E-state index contributed by atoms with van der Waals surface area (Å²) in [5.74, 6) is 0.343. The molecule has 4 nitrogen and oxygen atoms in total. The number of H-pyrrole nitrogens is 1. The molecule has 108 valence electrons. The van der Waals surface area contributed by atoms with Gasteiger partial charge in [-0.15, -0.1) is 0 Å². The van der Waals surface area contributed by atoms with E-state index in [9.17, 15) is 9.18 Å². The Balaban J connectivity index is 1.61. The molecule has 1 aromatic heterocycles. The third kappa shape index (κ3) is 2.97. The van der Waals surface area contributed by atoms with Gasteiger partial charge in [0.1, 0.15) is 11.6 Å². The minimum Gasteiger partial charge on any atom is -0.494 e. The number of rotatable bonds is 5. The second-order valence-corrected chi connectivity index (χ2v) is 4.75. The van der Waals surface area contributed by atoms with Gasteiger partial charge in [0.15, 0.2) is 0 Å². The maximum atomic E-state index is 12.8. The zero-order valence-electron chi connectivity index (χ0n) is 11.4. The maximum Gasteiger partial charge on any atom is 0.326 e. The Morgan fingerprint density at radius 2 is 1.86 bits per heavy atom. The average Bonchev–Trinajstić information content (AvgIpc) is 2.81. The van der Waals surface area contributed by atoms with E-state index in [0.717, 1.165) is 11.0 Å². The number of aromatic amines is 1. The molecule has 0 unspecified atom stereocenters. The van der Waals surface area contributed by atoms with Crippen molar-refractivity contribution in [3.63, 3.8) is 0 Å². The number of fused-ring (bicyclic) bond motifs is 1. The van der Waals surface area contributed by atoms with Crippen LogP contribution in [0.5, 0.6) is 5.75 Å². The van der Waals surface area contributed by atoms with Gasteiger partial charge in [-0.3, -0.25) is 4.57 Å². The first kappa shape index (κ1) is 13.4. The number of aryl methyl sites for hydroxylation is 1. The van der Waals surface area contributed by atoms with E-state index < -0.39 is 0 Å². The lowest BCUT2D eigenvalue weighted by Crippen LogP contribution is -2.18. The second kappa shape index (κ2) is 5.83. The summed E-state index contributed by atoms with van der Waals surface area (Å²) in [6, 6.07) is 13.5. The summed E-state index contributed by atoms with van der Waals surface area (Å²) in [6.45, 7) is 1.04. The molecule has 1 N–H and O–H groups in total. The minimum absolute atomic E-state index is 0.113. The highest BCUT2D eigenvalue weighted by Gasteiger charge is 2.05. The lowest BCUT2D eigenvalue weighted by atomic mass is 10.3. The summed E-state index contributed by atoms with van der Waals surface area (Å²) in [5.41, 5.74) is 1.62. The van der Waals surface area contributed by atoms with Crippen LogP contribution in [0, 0.1) is 5.82 Å². The molecular formula is C16H15FN2O2. The molecule has 3 aromatic rings. The first-order chi connectivity index (χ1) is 10.2. The number of hydrogen-bond donors (Lipinski definition) is 1. The third-order valence-electron chi connectivity index (χ3n) is 3.29. The standard InChI is InChI=1S/C16H15FN2O2/c17-12-6-8-13(9-7-12)21-11-3-10-19-15-5-2-1-4-14(15)18-16(19)20/h1-2,4-9H,3,10-11H2,(H,18,20). The maximum absolute atomic E-state index is 12.8. The number of hydrogen-bond acceptors (Lipinski definition) is 2. The number of para-hydroxylation sites is 2. The van der Waals surface area contributed by atoms with Gasteiger partial charge < -0.3 is 9.72 Å². The van der Waals surface area contributed by atoms with Crippen molar-refractivity contribution in [2.24, 2.45) is 0 Å². The number of aromatic nitrogens is 2. The van der Waals surface area contributed by atoms with E-state index in [1.165, 1.54) is 12.1 Å². The van der Waals surface area contributed by atoms with Crippen molar-refractivity contribution in [1.29, 1.82) is 0 Å². The SMILES string of the molecule is O=c1[nH]c2ccccc2n1CCCOc1ccc(F)cc1. The number of imidazole rings is 1. The highest BCUT2D eigenvalue weighted by molar-refractivity contribution is 5.74. The molecule has 0 fully saturated rings. The molecule has 5 heteroatoms. The minimum atomic E-state index is -0.285. The zero-order chi connectivity index (χ0) is 14.7. The monoisotopic (exact) mass is 286 g/mol. The van der Waals surface area contributed by atoms with Crippen LogP contribution in [0.3, 0.4) is 0 Å². The van der Waals surface area contributed by atoms with Crippen molar-refractivity contribution >= 4 is 11.0 Å². The molecule has 0 amide bonds. The van der Waals surface area contributed by atoms with Gasteiger partial charge in [-0.2, -0.15) is 0 Å². The van der Waals surface area contributed by atoms with Crippen molar-refractivity contribution in [1.82, 2.24) is 9.55 Å². The summed E-state index contributed by atoms with van der Waals surface area (Å²) in [4.78, 5) is 14.7. The van der Waals surface area contributed by atoms with Gasteiger partial charge in [0, 0.05) is 6.54 Å². The van der Waals surface area contributed by atoms with Crippen LogP contribution in [-0.4, -0.2) is 16.2 Å². The highest BCUT2D eigenvalue weighted by Crippen LogP contribution is 2.12. The van der Waals surface area contributed by atoms with Crippen LogP contribution in [0.25, 0.3) is 11.0 Å². The number of nitrogens with one attached hydrogen (secondary N) is 1. The quantitative estimate of drug-likeness (QED) is 0.733. The first-order valence-corrected chi connectivity index (χ1v) is 6.80. The smallest absolute Gasteiger partial charge is 0.326 e. The van der Waals surface area contributed by atoms with Crippen LogP contribution >= 0.6 is 0 Å². The van der Waals surface area contributed by atoms with Crippen molar-refractivity contribution in [3.05, 3.63) is 64.8 Å². The van der Waals surface area contributed by atoms with Gasteiger partial charge in [-0.1, -0.05) is 12.1 Å². The normalized spacial score (nSPS) is 10.9. The third-order valence-corrected chi connectivity index (χ3v) is 3.29. The average molecular weight is 286 g/mol. The Kier molecular flexibility index (Phi) is 3.73. The van der Waals surface area contributed by atoms with Gasteiger partial charge in [-0.05, 0) is 42.8 Å². The molecule has 2 aromatic carbocycles. The Morgan fingerprint density at radius 3 is 2.67 bits per heavy atom. The summed E-state index contributed by atoms with van der Waals surface area (Å²) >= 11 is 0. The molecule has 0 radical (unpaired) electrons. The fourth-order valence-corrected chi connectivity index (χ4v) is 2.27. The van der Waals surface area contributed by atoms with Crippen LogP contribution in [0.2, 0.25) is 0 Å². The van der Waals surface area contributed by atoms with E-state index in [1.54, 1.807) is 16.7 Å². The number of benzene rings is 2. The van der Waals surface area contributed by atoms with Gasteiger partial charge >= 0.3 is 5.69 Å². The molecule has 0 aliphatic heterocycles. The van der Waals surface area contributed by atoms with E-state index in [0.29, 0.717) is 25.3 Å². The molecule has 0 aliphatic carbocycles. The zero-order valence-corrected chi connectivity index (χ0v) is 11.4. The lowest BCUT2D eigenvalue weighted by Gasteiger charge is -2.06. The van der Waals surface area contributed by atoms with Crippen molar-refractivity contribution in [2.45, 2.75) is 13.0 Å². The van der Waals surface area contributed by atoms with Gasteiger partial charge in [0.05, 0.1) is 17.6 Å². The Hall–Kier alpha value is -2.56. The van der Waals surface area contributed by atoms with Crippen LogP contribution < -0.4 is 10.4 Å². The van der Waals surface area contributed by atoms with E-state index in [2.05, 4.69) is 4.98 Å². The predicted molar refractivity (Wildman–Crippen MR) is 79.1 cm³/mol. The molecule has 21 heavy (non-hydrogen) atoms. The Labute approximate surface area is 120 Å². The molecule has 0 saturated heterocycles. The number of nitrogens with zero attached hydrogens (tertiary/aromatic N) is 1. The Bertz CT molecular complexity index is 790. The molecule has 0 spiro atoms. The van der Waals surface area contributed by atoms with E-state index in [1.807, 2.05) is 24.3 Å². The molecule has 1 heterocycles. The van der Waals surface area contributed by atoms with Crippen molar-refractivity contribution in [2.75, 3.05) is 6.61 Å². The topological polar surface area (TPSA) is 47.0 Å². The second-order valence-electron chi connectivity index (χ2n) is 4.75. The molecular weight excluding hydrogens is 271 g/mol. The number of ether oxygens (including phenoxy) is 1. The van der Waals surface area contributed by atoms with E-state index >= 15 is 0 Å². The summed E-state index contributed by atoms with van der Waals surface area (Å²) in [6.07, 6.45) is 0.694. The predicted octanol–water partition coefficient (Wildman–Crippen LogP) is 2.94. The van der Waals surface area contributed by atoms with Gasteiger partial charge in [0.2, 0.25) is 0 Å². The first-order valence-electron chi connectivity index (χ1n) is 6.80. The van der Waals surface area contributed by atoms with Gasteiger partial charge in [0.25, 0.3) is 0 Å². The van der Waals surface area contributed by atoms with Gasteiger partial charge in [-0.25, -0.2) is 9.18 Å². The molecule has 0 atom stereocenters. The molecule has 3 rings (SSSR count). The summed E-state index contributed by atoms with van der Waals surface area (Å²) in [7, 11) is 0. The molecule has 0 bridgehead atoms. The van der Waals surface area contributed by atoms with Crippen molar-refractivity contribution in [3.8, 4) is 5.75 Å². The summed E-state index contributed by atoms with van der Waals surface area (Å²) in [5, 5.41) is 0. The molecule has 0 saturated carbocycles. The largest absolute Gasteiger partial charge is 0.494 e. The Morgan fingerprint density at radius 1 is 1.10 bits per heavy atom. The van der Waals surface area contributed by atoms with Crippen molar-refractivity contribution < 1.29 is 9.13 Å². The summed E-state index contributed by atoms with van der Waals surface area (Å²) < 4.78 is 20.0. The van der Waals surface area contributed by atoms with Crippen LogP contribution in [-0.2, 0) is 6.54 Å². The highest BCUT2D eigenvalue weighted by atomic mass is 19.1. The van der Waals surface area contributed by atoms with E-state index in [4.69, 9.17) is 4.74 Å².